The largest absolute Gasteiger partial charge is 0.520 e. The third-order valence-electron chi connectivity index (χ3n) is 0.369. The summed E-state index contributed by atoms with van der Waals surface area (Å²) in [4.78, 5) is 0. The van der Waals surface area contributed by atoms with Crippen LogP contribution in [0.1, 0.15) is 0 Å². The summed E-state index contributed by atoms with van der Waals surface area (Å²) in [5.74, 6) is 0.0551. The molecule has 0 saturated carbocycles. The number of halogens is 4. The first-order valence-electron chi connectivity index (χ1n) is 2.07. The van der Waals surface area contributed by atoms with Gasteiger partial charge in [-0.1, -0.05) is 5.11 Å². The standard InChI is InChI=1S/C3H4ClF3N2/c4-1-2-8-9-3(5,6)7/h1-2H2. The van der Waals surface area contributed by atoms with Gasteiger partial charge in [-0.3, -0.25) is 0 Å². The fraction of sp³-hybridized carbons (Fsp3) is 1.00. The van der Waals surface area contributed by atoms with Gasteiger partial charge >= 0.3 is 6.30 Å². The van der Waals surface area contributed by atoms with Crippen LogP contribution in [0.5, 0.6) is 0 Å². The minimum absolute atomic E-state index is 0.0551. The highest BCUT2D eigenvalue weighted by molar-refractivity contribution is 6.18. The van der Waals surface area contributed by atoms with Gasteiger partial charge < -0.3 is 0 Å². The fourth-order valence-corrected chi connectivity index (χ4v) is 0.244. The van der Waals surface area contributed by atoms with Crippen molar-refractivity contribution in [2.45, 2.75) is 6.30 Å². The predicted molar refractivity (Wildman–Crippen MR) is 26.5 cm³/mol. The Morgan fingerprint density at radius 3 is 2.22 bits per heavy atom. The lowest BCUT2D eigenvalue weighted by Gasteiger charge is -1.92. The summed E-state index contributed by atoms with van der Waals surface area (Å²) >= 11 is 5.01. The van der Waals surface area contributed by atoms with E-state index in [-0.39, 0.29) is 12.4 Å². The van der Waals surface area contributed by atoms with Gasteiger partial charge in [0, 0.05) is 5.88 Å². The molecular formula is C3H4ClF3N2. The van der Waals surface area contributed by atoms with Crippen LogP contribution in [0.2, 0.25) is 0 Å². The van der Waals surface area contributed by atoms with Gasteiger partial charge in [0.05, 0.1) is 6.54 Å². The molecule has 0 N–H and O–H groups in total. The first-order chi connectivity index (χ1) is 4.06. The van der Waals surface area contributed by atoms with E-state index in [0.717, 1.165) is 0 Å². The van der Waals surface area contributed by atoms with Gasteiger partial charge in [0.1, 0.15) is 0 Å². The Hall–Kier alpha value is -0.320. The molecule has 0 spiro atoms. The Morgan fingerprint density at radius 1 is 1.33 bits per heavy atom. The molecule has 0 unspecified atom stereocenters. The van der Waals surface area contributed by atoms with Gasteiger partial charge in [0.25, 0.3) is 0 Å². The summed E-state index contributed by atoms with van der Waals surface area (Å²) in [6.45, 7) is -0.0962. The molecule has 0 aliphatic rings. The third kappa shape index (κ3) is 7.68. The molecule has 54 valence electrons. The highest BCUT2D eigenvalue weighted by Crippen LogP contribution is 2.15. The van der Waals surface area contributed by atoms with Crippen LogP contribution in [0.3, 0.4) is 0 Å². The number of hydrogen-bond acceptors (Lipinski definition) is 2. The first-order valence-corrected chi connectivity index (χ1v) is 2.61. The minimum atomic E-state index is -4.55. The highest BCUT2D eigenvalue weighted by atomic mass is 35.5. The molecule has 0 bridgehead atoms. The molecule has 0 aliphatic carbocycles. The molecule has 0 rings (SSSR count). The van der Waals surface area contributed by atoms with Crippen molar-refractivity contribution >= 4 is 11.6 Å². The SMILES string of the molecule is FC(F)(F)N=NCCCl. The van der Waals surface area contributed by atoms with Gasteiger partial charge in [-0.15, -0.1) is 24.8 Å². The van der Waals surface area contributed by atoms with Crippen molar-refractivity contribution in [2.24, 2.45) is 10.2 Å². The maximum absolute atomic E-state index is 11.1. The molecule has 6 heteroatoms. The summed E-state index contributed by atoms with van der Waals surface area (Å²) in [6.07, 6.45) is -4.55. The summed E-state index contributed by atoms with van der Waals surface area (Å²) in [6, 6.07) is 0. The van der Waals surface area contributed by atoms with Gasteiger partial charge in [-0.05, 0) is 0 Å². The lowest BCUT2D eigenvalue weighted by atomic mass is 10.8. The predicted octanol–water partition coefficient (Wildman–Crippen LogP) is 2.20. The minimum Gasteiger partial charge on any atom is -0.185 e. The van der Waals surface area contributed by atoms with Crippen LogP contribution >= 0.6 is 11.6 Å². The Kier molecular flexibility index (Phi) is 3.53. The topological polar surface area (TPSA) is 24.7 Å². The summed E-state index contributed by atoms with van der Waals surface area (Å²) in [5.41, 5.74) is 0. The summed E-state index contributed by atoms with van der Waals surface area (Å²) < 4.78 is 33.2. The first kappa shape index (κ1) is 8.68. The second-order valence-electron chi connectivity index (χ2n) is 1.12. The monoisotopic (exact) mass is 160 g/mol. The molecule has 0 saturated heterocycles. The zero-order valence-corrected chi connectivity index (χ0v) is 5.08. The van der Waals surface area contributed by atoms with Crippen molar-refractivity contribution < 1.29 is 13.2 Å². The van der Waals surface area contributed by atoms with Crippen molar-refractivity contribution in [3.8, 4) is 0 Å². The summed E-state index contributed by atoms with van der Waals surface area (Å²) in [5, 5.41) is 4.72. The molecule has 0 radical (unpaired) electrons. The molecule has 9 heavy (non-hydrogen) atoms. The van der Waals surface area contributed by atoms with Crippen LogP contribution in [-0.2, 0) is 0 Å². The maximum atomic E-state index is 11.1. The van der Waals surface area contributed by atoms with Gasteiger partial charge in [0.15, 0.2) is 0 Å². The van der Waals surface area contributed by atoms with E-state index in [1.807, 2.05) is 5.11 Å². The average molecular weight is 161 g/mol. The van der Waals surface area contributed by atoms with Crippen molar-refractivity contribution in [1.82, 2.24) is 0 Å². The van der Waals surface area contributed by atoms with Crippen LogP contribution in [-0.4, -0.2) is 18.7 Å². The molecule has 0 aromatic heterocycles. The van der Waals surface area contributed by atoms with E-state index in [2.05, 4.69) is 5.11 Å². The molecular weight excluding hydrogens is 156 g/mol. The maximum Gasteiger partial charge on any atom is 0.520 e. The lowest BCUT2D eigenvalue weighted by molar-refractivity contribution is -0.126. The van der Waals surface area contributed by atoms with E-state index in [1.165, 1.54) is 0 Å². The Balaban J connectivity index is 3.45. The van der Waals surface area contributed by atoms with E-state index in [0.29, 0.717) is 0 Å². The number of nitrogens with zero attached hydrogens (tertiary/aromatic N) is 2. The number of azo groups is 1. The summed E-state index contributed by atoms with van der Waals surface area (Å²) in [7, 11) is 0. The number of hydrogen-bond donors (Lipinski definition) is 0. The Labute approximate surface area is 54.7 Å². The molecule has 0 aromatic carbocycles. The second-order valence-corrected chi connectivity index (χ2v) is 1.50. The molecule has 0 amide bonds. The third-order valence-corrected chi connectivity index (χ3v) is 0.538. The lowest BCUT2D eigenvalue weighted by Crippen LogP contribution is -2.00. The van der Waals surface area contributed by atoms with Crippen LogP contribution in [0.15, 0.2) is 10.2 Å². The normalized spacial score (nSPS) is 12.9. The number of alkyl halides is 4. The van der Waals surface area contributed by atoms with Crippen LogP contribution in [0.25, 0.3) is 0 Å². The smallest absolute Gasteiger partial charge is 0.185 e. The zero-order chi connectivity index (χ0) is 7.33. The van der Waals surface area contributed by atoms with Gasteiger partial charge in [-0.25, -0.2) is 0 Å². The molecule has 0 aromatic rings. The van der Waals surface area contributed by atoms with E-state index in [4.69, 9.17) is 11.6 Å². The molecule has 0 heterocycles. The quantitative estimate of drug-likeness (QED) is 0.336. The average Bonchev–Trinajstić information content (AvgIpc) is 1.63. The van der Waals surface area contributed by atoms with Crippen LogP contribution < -0.4 is 0 Å². The molecule has 0 aliphatic heterocycles. The van der Waals surface area contributed by atoms with Crippen LogP contribution in [0, 0.1) is 0 Å². The van der Waals surface area contributed by atoms with Crippen molar-refractivity contribution in [3.63, 3.8) is 0 Å². The Bertz CT molecular complexity index is 99.7. The molecule has 0 atom stereocenters. The second kappa shape index (κ2) is 3.66. The van der Waals surface area contributed by atoms with E-state index in [9.17, 15) is 13.2 Å². The highest BCUT2D eigenvalue weighted by Gasteiger charge is 2.26. The van der Waals surface area contributed by atoms with Crippen molar-refractivity contribution in [1.29, 1.82) is 0 Å². The fourth-order valence-electron chi connectivity index (χ4n) is 0.168. The van der Waals surface area contributed by atoms with Crippen LogP contribution in [0.4, 0.5) is 13.2 Å². The molecule has 2 nitrogen and oxygen atoms in total. The molecule has 0 fully saturated rings. The van der Waals surface area contributed by atoms with Crippen molar-refractivity contribution in [2.75, 3.05) is 12.4 Å². The van der Waals surface area contributed by atoms with Gasteiger partial charge in [0.2, 0.25) is 0 Å². The van der Waals surface area contributed by atoms with Crippen molar-refractivity contribution in [3.05, 3.63) is 0 Å². The van der Waals surface area contributed by atoms with Gasteiger partial charge in [-0.2, -0.15) is 5.11 Å². The number of rotatable bonds is 2. The zero-order valence-electron chi connectivity index (χ0n) is 4.32. The Morgan fingerprint density at radius 2 is 1.89 bits per heavy atom. The van der Waals surface area contributed by atoms with E-state index < -0.39 is 6.30 Å². The van der Waals surface area contributed by atoms with E-state index >= 15 is 0 Å². The van der Waals surface area contributed by atoms with E-state index in [1.54, 1.807) is 0 Å².